The van der Waals surface area contributed by atoms with Gasteiger partial charge in [0.15, 0.2) is 0 Å². The average molecular weight is 288 g/mol. The maximum absolute atomic E-state index is 12.2. The van der Waals surface area contributed by atoms with E-state index in [0.29, 0.717) is 13.2 Å². The van der Waals surface area contributed by atoms with Crippen LogP contribution in [0.4, 0.5) is 5.69 Å². The van der Waals surface area contributed by atoms with Crippen molar-refractivity contribution in [3.8, 4) is 11.3 Å². The molecule has 1 atom stereocenters. The maximum atomic E-state index is 12.2. The molecule has 20 heavy (non-hydrogen) atoms. The SMILES string of the molecule is Cc1nc(-c2ccccc2NC(=O)[C@H]2CCOC2)cs1. The Morgan fingerprint density at radius 3 is 3.00 bits per heavy atom. The average Bonchev–Trinajstić information content (AvgIpc) is 3.10. The van der Waals surface area contributed by atoms with E-state index in [4.69, 9.17) is 4.74 Å². The molecule has 0 bridgehead atoms. The van der Waals surface area contributed by atoms with Crippen molar-refractivity contribution >= 4 is 22.9 Å². The van der Waals surface area contributed by atoms with E-state index in [-0.39, 0.29) is 11.8 Å². The molecular weight excluding hydrogens is 272 g/mol. The van der Waals surface area contributed by atoms with Gasteiger partial charge in [0.05, 0.1) is 28.9 Å². The van der Waals surface area contributed by atoms with Gasteiger partial charge in [0, 0.05) is 17.6 Å². The second-order valence-electron chi connectivity index (χ2n) is 4.85. The second kappa shape index (κ2) is 5.73. The molecule has 2 aromatic rings. The monoisotopic (exact) mass is 288 g/mol. The molecule has 5 heteroatoms. The highest BCUT2D eigenvalue weighted by atomic mass is 32.1. The molecule has 1 aromatic heterocycles. The molecule has 1 amide bonds. The number of carbonyl (C=O) groups excluding carboxylic acids is 1. The number of ether oxygens (including phenoxy) is 1. The summed E-state index contributed by atoms with van der Waals surface area (Å²) in [6, 6.07) is 7.77. The predicted molar refractivity (Wildman–Crippen MR) is 79.8 cm³/mol. The van der Waals surface area contributed by atoms with Gasteiger partial charge in [0.25, 0.3) is 0 Å². The minimum absolute atomic E-state index is 0.0295. The van der Waals surface area contributed by atoms with Crippen molar-refractivity contribution in [1.29, 1.82) is 0 Å². The minimum Gasteiger partial charge on any atom is -0.381 e. The fourth-order valence-corrected chi connectivity index (χ4v) is 2.89. The lowest BCUT2D eigenvalue weighted by molar-refractivity contribution is -0.119. The van der Waals surface area contributed by atoms with Crippen LogP contribution in [0.2, 0.25) is 0 Å². The molecule has 4 nitrogen and oxygen atoms in total. The van der Waals surface area contributed by atoms with Crippen LogP contribution in [0, 0.1) is 12.8 Å². The number of nitrogens with zero attached hydrogens (tertiary/aromatic N) is 1. The number of rotatable bonds is 3. The third kappa shape index (κ3) is 2.73. The Morgan fingerprint density at radius 2 is 2.30 bits per heavy atom. The first-order valence-corrected chi connectivity index (χ1v) is 7.52. The van der Waals surface area contributed by atoms with Gasteiger partial charge >= 0.3 is 0 Å². The maximum Gasteiger partial charge on any atom is 0.229 e. The zero-order valence-electron chi connectivity index (χ0n) is 11.3. The van der Waals surface area contributed by atoms with E-state index in [1.54, 1.807) is 11.3 Å². The number of amides is 1. The van der Waals surface area contributed by atoms with E-state index in [1.165, 1.54) is 0 Å². The molecule has 104 valence electrons. The van der Waals surface area contributed by atoms with Crippen LogP contribution >= 0.6 is 11.3 Å². The molecule has 1 aliphatic heterocycles. The third-order valence-electron chi connectivity index (χ3n) is 3.38. The Labute approximate surface area is 121 Å². The number of aryl methyl sites for hydroxylation is 1. The minimum atomic E-state index is -0.0415. The molecule has 3 rings (SSSR count). The molecule has 0 spiro atoms. The lowest BCUT2D eigenvalue weighted by Crippen LogP contribution is -2.23. The van der Waals surface area contributed by atoms with E-state index in [2.05, 4.69) is 10.3 Å². The number of anilines is 1. The normalized spacial score (nSPS) is 18.1. The number of para-hydroxylation sites is 1. The first-order valence-electron chi connectivity index (χ1n) is 6.64. The molecule has 0 aliphatic carbocycles. The van der Waals surface area contributed by atoms with Crippen molar-refractivity contribution in [1.82, 2.24) is 4.98 Å². The summed E-state index contributed by atoms with van der Waals surface area (Å²) in [4.78, 5) is 16.7. The fraction of sp³-hybridized carbons (Fsp3) is 0.333. The highest BCUT2D eigenvalue weighted by molar-refractivity contribution is 7.09. The molecule has 1 fully saturated rings. The molecule has 0 radical (unpaired) electrons. The van der Waals surface area contributed by atoms with Gasteiger partial charge in [0.2, 0.25) is 5.91 Å². The summed E-state index contributed by atoms with van der Waals surface area (Å²) in [6.07, 6.45) is 0.795. The first kappa shape index (κ1) is 13.3. The summed E-state index contributed by atoms with van der Waals surface area (Å²) in [7, 11) is 0. The molecular formula is C15H16N2O2S. The van der Waals surface area contributed by atoms with E-state index in [9.17, 15) is 4.79 Å². The van der Waals surface area contributed by atoms with Gasteiger partial charge in [-0.2, -0.15) is 0 Å². The van der Waals surface area contributed by atoms with Gasteiger partial charge in [-0.25, -0.2) is 4.98 Å². The van der Waals surface area contributed by atoms with E-state index in [0.717, 1.165) is 28.4 Å². The molecule has 0 unspecified atom stereocenters. The predicted octanol–water partition coefficient (Wildman–Crippen LogP) is 3.09. The molecule has 1 aliphatic rings. The highest BCUT2D eigenvalue weighted by Crippen LogP contribution is 2.29. The van der Waals surface area contributed by atoms with Gasteiger partial charge in [-0.15, -0.1) is 11.3 Å². The van der Waals surface area contributed by atoms with Crippen LogP contribution < -0.4 is 5.32 Å². The number of aromatic nitrogens is 1. The summed E-state index contributed by atoms with van der Waals surface area (Å²) < 4.78 is 5.26. The largest absolute Gasteiger partial charge is 0.381 e. The smallest absolute Gasteiger partial charge is 0.229 e. The van der Waals surface area contributed by atoms with Crippen LogP contribution in [-0.2, 0) is 9.53 Å². The molecule has 1 aromatic carbocycles. The van der Waals surface area contributed by atoms with Crippen LogP contribution in [0.1, 0.15) is 11.4 Å². The molecule has 0 saturated carbocycles. The fourth-order valence-electron chi connectivity index (χ4n) is 2.28. The Kier molecular flexibility index (Phi) is 3.80. The quantitative estimate of drug-likeness (QED) is 0.944. The van der Waals surface area contributed by atoms with Crippen LogP contribution in [0.15, 0.2) is 29.6 Å². The van der Waals surface area contributed by atoms with Crippen molar-refractivity contribution in [2.45, 2.75) is 13.3 Å². The second-order valence-corrected chi connectivity index (χ2v) is 5.91. The standard InChI is InChI=1S/C15H16N2O2S/c1-10-16-14(9-20-10)12-4-2-3-5-13(12)17-15(18)11-6-7-19-8-11/h2-5,9,11H,6-8H2,1H3,(H,17,18)/t11-/m0/s1. The molecule has 1 N–H and O–H groups in total. The number of carbonyl (C=O) groups is 1. The van der Waals surface area contributed by atoms with Crippen molar-refractivity contribution in [2.75, 3.05) is 18.5 Å². The van der Waals surface area contributed by atoms with Gasteiger partial charge in [-0.1, -0.05) is 18.2 Å². The van der Waals surface area contributed by atoms with Gasteiger partial charge in [0.1, 0.15) is 0 Å². The lowest BCUT2D eigenvalue weighted by atomic mass is 10.1. The van der Waals surface area contributed by atoms with E-state index in [1.807, 2.05) is 36.6 Å². The van der Waals surface area contributed by atoms with Crippen LogP contribution in [0.5, 0.6) is 0 Å². The van der Waals surface area contributed by atoms with E-state index < -0.39 is 0 Å². The Morgan fingerprint density at radius 1 is 1.45 bits per heavy atom. The van der Waals surface area contributed by atoms with Crippen LogP contribution in [-0.4, -0.2) is 24.1 Å². The van der Waals surface area contributed by atoms with Gasteiger partial charge in [-0.3, -0.25) is 4.79 Å². The first-order chi connectivity index (χ1) is 9.74. The van der Waals surface area contributed by atoms with Crippen LogP contribution in [0.25, 0.3) is 11.3 Å². The van der Waals surface area contributed by atoms with Crippen molar-refractivity contribution in [2.24, 2.45) is 5.92 Å². The number of hydrogen-bond acceptors (Lipinski definition) is 4. The Hall–Kier alpha value is -1.72. The Balaban J connectivity index is 1.84. The van der Waals surface area contributed by atoms with Gasteiger partial charge < -0.3 is 10.1 Å². The summed E-state index contributed by atoms with van der Waals surface area (Å²) >= 11 is 1.61. The lowest BCUT2D eigenvalue weighted by Gasteiger charge is -2.12. The van der Waals surface area contributed by atoms with Crippen LogP contribution in [0.3, 0.4) is 0 Å². The molecule has 1 saturated heterocycles. The number of hydrogen-bond donors (Lipinski definition) is 1. The zero-order chi connectivity index (χ0) is 13.9. The van der Waals surface area contributed by atoms with Crippen molar-refractivity contribution < 1.29 is 9.53 Å². The van der Waals surface area contributed by atoms with Crippen molar-refractivity contribution in [3.63, 3.8) is 0 Å². The Bertz CT molecular complexity index is 618. The topological polar surface area (TPSA) is 51.2 Å². The summed E-state index contributed by atoms with van der Waals surface area (Å²) in [5.74, 6) is -0.0119. The summed E-state index contributed by atoms with van der Waals surface area (Å²) in [5, 5.41) is 6.04. The third-order valence-corrected chi connectivity index (χ3v) is 4.15. The number of benzene rings is 1. The zero-order valence-corrected chi connectivity index (χ0v) is 12.1. The summed E-state index contributed by atoms with van der Waals surface area (Å²) in [5.41, 5.74) is 2.69. The molecule has 2 heterocycles. The highest BCUT2D eigenvalue weighted by Gasteiger charge is 2.24. The van der Waals surface area contributed by atoms with Gasteiger partial charge in [-0.05, 0) is 19.4 Å². The summed E-state index contributed by atoms with van der Waals surface area (Å²) in [6.45, 7) is 3.17. The number of thiazole rings is 1. The van der Waals surface area contributed by atoms with E-state index >= 15 is 0 Å². The number of nitrogens with one attached hydrogen (secondary N) is 1. The van der Waals surface area contributed by atoms with Crippen molar-refractivity contribution in [3.05, 3.63) is 34.7 Å².